The molecule has 0 aliphatic rings. The SMILES string of the molecule is CC(C)CC(=O)NNC(=O)Cc1ccc(Cl)cc1Cl. The van der Waals surface area contributed by atoms with E-state index in [-0.39, 0.29) is 24.2 Å². The Morgan fingerprint density at radius 2 is 1.79 bits per heavy atom. The molecule has 2 N–H and O–H groups in total. The average Bonchev–Trinajstić information content (AvgIpc) is 2.29. The van der Waals surface area contributed by atoms with E-state index in [9.17, 15) is 9.59 Å². The van der Waals surface area contributed by atoms with Gasteiger partial charge in [-0.05, 0) is 23.6 Å². The van der Waals surface area contributed by atoms with Gasteiger partial charge in [-0.3, -0.25) is 20.4 Å². The zero-order valence-electron chi connectivity index (χ0n) is 10.8. The number of amides is 2. The van der Waals surface area contributed by atoms with Gasteiger partial charge in [0.1, 0.15) is 0 Å². The van der Waals surface area contributed by atoms with Gasteiger partial charge < -0.3 is 0 Å². The Labute approximate surface area is 122 Å². The molecule has 2 amide bonds. The van der Waals surface area contributed by atoms with Crippen LogP contribution in [0.4, 0.5) is 0 Å². The molecule has 0 unspecified atom stereocenters. The van der Waals surface area contributed by atoms with Crippen LogP contribution < -0.4 is 10.9 Å². The second-order valence-corrected chi connectivity index (χ2v) is 5.45. The zero-order valence-corrected chi connectivity index (χ0v) is 12.3. The van der Waals surface area contributed by atoms with Crippen LogP contribution >= 0.6 is 23.2 Å². The maximum Gasteiger partial charge on any atom is 0.242 e. The summed E-state index contributed by atoms with van der Waals surface area (Å²) in [6.45, 7) is 3.85. The minimum absolute atomic E-state index is 0.0813. The molecule has 0 radical (unpaired) electrons. The normalized spacial score (nSPS) is 10.4. The molecule has 1 aromatic rings. The van der Waals surface area contributed by atoms with E-state index in [1.165, 1.54) is 0 Å². The summed E-state index contributed by atoms with van der Waals surface area (Å²) in [6, 6.07) is 4.91. The van der Waals surface area contributed by atoms with Gasteiger partial charge >= 0.3 is 0 Å². The van der Waals surface area contributed by atoms with E-state index < -0.39 is 0 Å². The van der Waals surface area contributed by atoms with Crippen LogP contribution in [0, 0.1) is 5.92 Å². The Morgan fingerprint density at radius 3 is 2.37 bits per heavy atom. The molecule has 0 aromatic heterocycles. The van der Waals surface area contributed by atoms with Crippen molar-refractivity contribution in [3.8, 4) is 0 Å². The van der Waals surface area contributed by atoms with E-state index in [1.807, 2.05) is 13.8 Å². The van der Waals surface area contributed by atoms with Gasteiger partial charge in [-0.25, -0.2) is 0 Å². The average molecular weight is 303 g/mol. The highest BCUT2D eigenvalue weighted by Crippen LogP contribution is 2.21. The standard InChI is InChI=1S/C13H16Cl2N2O2/c1-8(2)5-12(18)16-17-13(19)6-9-3-4-10(14)7-11(9)15/h3-4,7-8H,5-6H2,1-2H3,(H,16,18)(H,17,19). The zero-order chi connectivity index (χ0) is 14.4. The van der Waals surface area contributed by atoms with Gasteiger partial charge in [0.2, 0.25) is 11.8 Å². The topological polar surface area (TPSA) is 58.2 Å². The first-order valence-electron chi connectivity index (χ1n) is 5.90. The van der Waals surface area contributed by atoms with E-state index in [4.69, 9.17) is 23.2 Å². The monoisotopic (exact) mass is 302 g/mol. The van der Waals surface area contributed by atoms with E-state index in [1.54, 1.807) is 18.2 Å². The van der Waals surface area contributed by atoms with Crippen molar-refractivity contribution in [1.82, 2.24) is 10.9 Å². The summed E-state index contributed by atoms with van der Waals surface area (Å²) in [5.74, 6) is -0.311. The summed E-state index contributed by atoms with van der Waals surface area (Å²) in [5.41, 5.74) is 5.36. The fraction of sp³-hybridized carbons (Fsp3) is 0.385. The molecule has 0 atom stereocenters. The smallest absolute Gasteiger partial charge is 0.242 e. The predicted octanol–water partition coefficient (Wildman–Crippen LogP) is 2.73. The lowest BCUT2D eigenvalue weighted by atomic mass is 10.1. The van der Waals surface area contributed by atoms with Gasteiger partial charge in [-0.1, -0.05) is 43.1 Å². The summed E-state index contributed by atoms with van der Waals surface area (Å²) in [5, 5.41) is 0.940. The molecule has 0 fully saturated rings. The third-order valence-corrected chi connectivity index (χ3v) is 2.89. The molecule has 0 spiro atoms. The molecule has 0 aliphatic heterocycles. The van der Waals surface area contributed by atoms with Crippen LogP contribution in [0.15, 0.2) is 18.2 Å². The molecule has 104 valence electrons. The predicted molar refractivity (Wildman–Crippen MR) is 75.9 cm³/mol. The summed E-state index contributed by atoms with van der Waals surface area (Å²) >= 11 is 11.7. The Bertz CT molecular complexity index is 476. The van der Waals surface area contributed by atoms with Gasteiger partial charge in [0.15, 0.2) is 0 Å². The quantitative estimate of drug-likeness (QED) is 0.840. The van der Waals surface area contributed by atoms with Gasteiger partial charge in [0.25, 0.3) is 0 Å². The number of nitrogens with one attached hydrogen (secondary N) is 2. The van der Waals surface area contributed by atoms with Crippen molar-refractivity contribution < 1.29 is 9.59 Å². The third kappa shape index (κ3) is 5.94. The van der Waals surface area contributed by atoms with Gasteiger partial charge in [0, 0.05) is 16.5 Å². The summed E-state index contributed by atoms with van der Waals surface area (Å²) in [4.78, 5) is 23.0. The van der Waals surface area contributed by atoms with E-state index in [0.29, 0.717) is 22.0 Å². The fourth-order valence-corrected chi connectivity index (χ4v) is 1.92. The largest absolute Gasteiger partial charge is 0.273 e. The number of hydrazine groups is 1. The maximum absolute atomic E-state index is 11.6. The van der Waals surface area contributed by atoms with Crippen LogP contribution in [0.2, 0.25) is 10.0 Å². The lowest BCUT2D eigenvalue weighted by Gasteiger charge is -2.09. The van der Waals surface area contributed by atoms with E-state index in [2.05, 4.69) is 10.9 Å². The molecule has 19 heavy (non-hydrogen) atoms. The highest BCUT2D eigenvalue weighted by molar-refractivity contribution is 6.35. The van der Waals surface area contributed by atoms with Crippen LogP contribution in [0.1, 0.15) is 25.8 Å². The molecule has 0 saturated heterocycles. The van der Waals surface area contributed by atoms with Crippen LogP contribution in [-0.4, -0.2) is 11.8 Å². The number of carbonyl (C=O) groups is 2. The molecule has 6 heteroatoms. The molecule has 1 rings (SSSR count). The van der Waals surface area contributed by atoms with E-state index >= 15 is 0 Å². The second-order valence-electron chi connectivity index (χ2n) is 4.61. The van der Waals surface area contributed by atoms with E-state index in [0.717, 1.165) is 0 Å². The third-order valence-electron chi connectivity index (χ3n) is 2.30. The van der Waals surface area contributed by atoms with Crippen LogP contribution in [0.3, 0.4) is 0 Å². The summed E-state index contributed by atoms with van der Waals surface area (Å²) < 4.78 is 0. The van der Waals surface area contributed by atoms with Gasteiger partial charge in [-0.2, -0.15) is 0 Å². The molecule has 0 heterocycles. The van der Waals surface area contributed by atoms with Crippen molar-refractivity contribution in [2.24, 2.45) is 5.92 Å². The first-order chi connectivity index (χ1) is 8.88. The van der Waals surface area contributed by atoms with Crippen molar-refractivity contribution in [2.75, 3.05) is 0 Å². The van der Waals surface area contributed by atoms with Crippen molar-refractivity contribution >= 4 is 35.0 Å². The Kier molecular flexibility index (Phi) is 6.12. The number of rotatable bonds is 4. The molecule has 1 aromatic carbocycles. The van der Waals surface area contributed by atoms with Crippen LogP contribution in [0.5, 0.6) is 0 Å². The highest BCUT2D eigenvalue weighted by Gasteiger charge is 2.09. The number of halogens is 2. The first kappa shape index (κ1) is 15.8. The van der Waals surface area contributed by atoms with Crippen LogP contribution in [-0.2, 0) is 16.0 Å². The Morgan fingerprint density at radius 1 is 1.16 bits per heavy atom. The summed E-state index contributed by atoms with van der Waals surface area (Å²) in [7, 11) is 0. The number of benzene rings is 1. The maximum atomic E-state index is 11.6. The van der Waals surface area contributed by atoms with Crippen molar-refractivity contribution in [3.05, 3.63) is 33.8 Å². The minimum Gasteiger partial charge on any atom is -0.273 e. The van der Waals surface area contributed by atoms with Gasteiger partial charge in [0.05, 0.1) is 6.42 Å². The minimum atomic E-state index is -0.332. The number of carbonyl (C=O) groups excluding carboxylic acids is 2. The van der Waals surface area contributed by atoms with Crippen molar-refractivity contribution in [3.63, 3.8) is 0 Å². The Hall–Kier alpha value is -1.26. The van der Waals surface area contributed by atoms with Crippen molar-refractivity contribution in [2.45, 2.75) is 26.7 Å². The Balaban J connectivity index is 2.45. The number of hydrogen-bond acceptors (Lipinski definition) is 2. The lowest BCUT2D eigenvalue weighted by Crippen LogP contribution is -2.42. The highest BCUT2D eigenvalue weighted by atomic mass is 35.5. The summed E-state index contributed by atoms with van der Waals surface area (Å²) in [6.07, 6.45) is 0.444. The molecular weight excluding hydrogens is 287 g/mol. The lowest BCUT2D eigenvalue weighted by molar-refractivity contribution is -0.129. The number of hydrogen-bond donors (Lipinski definition) is 2. The van der Waals surface area contributed by atoms with Crippen LogP contribution in [0.25, 0.3) is 0 Å². The first-order valence-corrected chi connectivity index (χ1v) is 6.65. The fourth-order valence-electron chi connectivity index (χ4n) is 1.44. The van der Waals surface area contributed by atoms with Crippen molar-refractivity contribution in [1.29, 1.82) is 0 Å². The molecule has 0 aliphatic carbocycles. The molecule has 0 bridgehead atoms. The molecule has 4 nitrogen and oxygen atoms in total. The molecule has 0 saturated carbocycles. The molecular formula is C13H16Cl2N2O2. The van der Waals surface area contributed by atoms with Gasteiger partial charge in [-0.15, -0.1) is 0 Å². The second kappa shape index (κ2) is 7.36.